The lowest BCUT2D eigenvalue weighted by atomic mass is 9.98. The maximum absolute atomic E-state index is 13.2. The third kappa shape index (κ3) is 6.10. The first-order chi connectivity index (χ1) is 20.2. The summed E-state index contributed by atoms with van der Waals surface area (Å²) in [5.74, 6) is 1.27. The zero-order valence-electron chi connectivity index (χ0n) is 22.7. The van der Waals surface area contributed by atoms with Crippen LogP contribution in [0.4, 0.5) is 29.3 Å². The van der Waals surface area contributed by atoms with Crippen molar-refractivity contribution in [2.45, 2.75) is 24.9 Å². The van der Waals surface area contributed by atoms with E-state index in [9.17, 15) is 22.8 Å². The van der Waals surface area contributed by atoms with Gasteiger partial charge in [0.1, 0.15) is 18.9 Å². The van der Waals surface area contributed by atoms with E-state index in [4.69, 9.17) is 9.47 Å². The number of hydrogen-bond donors (Lipinski definition) is 1. The minimum atomic E-state index is -4.40. The monoisotopic (exact) mass is 601 g/mol. The summed E-state index contributed by atoms with van der Waals surface area (Å²) in [5, 5.41) is 5.59. The Morgan fingerprint density at radius 2 is 1.64 bits per heavy atom. The van der Waals surface area contributed by atoms with E-state index in [1.165, 1.54) is 17.4 Å². The summed E-state index contributed by atoms with van der Waals surface area (Å²) < 4.78 is 50.4. The Kier molecular flexibility index (Phi) is 7.84. The first-order valence-electron chi connectivity index (χ1n) is 13.9. The van der Waals surface area contributed by atoms with Gasteiger partial charge in [0, 0.05) is 68.0 Å². The molecule has 9 nitrogen and oxygen atoms in total. The van der Waals surface area contributed by atoms with Crippen LogP contribution < -0.4 is 19.7 Å². The lowest BCUT2D eigenvalue weighted by Crippen LogP contribution is -2.49. The summed E-state index contributed by atoms with van der Waals surface area (Å²) in [6, 6.07) is 10.4. The van der Waals surface area contributed by atoms with Crippen LogP contribution in [0.15, 0.2) is 47.8 Å². The highest BCUT2D eigenvalue weighted by atomic mass is 32.1. The van der Waals surface area contributed by atoms with Gasteiger partial charge in [-0.25, -0.2) is 9.78 Å². The molecule has 0 bridgehead atoms. The molecule has 4 heterocycles. The number of rotatable bonds is 4. The van der Waals surface area contributed by atoms with Gasteiger partial charge >= 0.3 is 12.2 Å². The number of thiazole rings is 1. The fraction of sp³-hybridized carbons (Fsp3) is 0.414. The van der Waals surface area contributed by atoms with E-state index in [0.717, 1.165) is 30.0 Å². The van der Waals surface area contributed by atoms with E-state index in [1.807, 2.05) is 4.90 Å². The number of nitrogens with zero attached hydrogens (tertiary/aromatic N) is 4. The van der Waals surface area contributed by atoms with E-state index < -0.39 is 11.7 Å². The van der Waals surface area contributed by atoms with Crippen LogP contribution in [0.5, 0.6) is 11.5 Å². The molecule has 2 aromatic carbocycles. The number of amides is 3. The minimum absolute atomic E-state index is 0.160. The Labute approximate surface area is 244 Å². The third-order valence-corrected chi connectivity index (χ3v) is 8.78. The van der Waals surface area contributed by atoms with Crippen molar-refractivity contribution in [3.05, 3.63) is 64.1 Å². The zero-order valence-corrected chi connectivity index (χ0v) is 23.5. The molecule has 222 valence electrons. The number of likely N-dealkylation sites (tertiary alicyclic amines) is 1. The van der Waals surface area contributed by atoms with Crippen molar-refractivity contribution in [1.82, 2.24) is 14.8 Å². The van der Waals surface area contributed by atoms with Crippen LogP contribution in [-0.4, -0.2) is 79.2 Å². The topological polar surface area (TPSA) is 87.2 Å². The number of carbonyl (C=O) groups excluding carboxylic acids is 2. The molecule has 0 radical (unpaired) electrons. The summed E-state index contributed by atoms with van der Waals surface area (Å²) in [6.45, 7) is 3.81. The van der Waals surface area contributed by atoms with E-state index in [2.05, 4.69) is 10.3 Å². The molecule has 3 amide bonds. The Bertz CT molecular complexity index is 1450. The molecule has 13 heteroatoms. The van der Waals surface area contributed by atoms with Crippen LogP contribution in [0.2, 0.25) is 0 Å². The van der Waals surface area contributed by atoms with Gasteiger partial charge in [-0.05, 0) is 43.2 Å². The number of hydrogen-bond acceptors (Lipinski definition) is 7. The summed E-state index contributed by atoms with van der Waals surface area (Å²) in [5.41, 5.74) is 0.852. The molecule has 3 aliphatic heterocycles. The van der Waals surface area contributed by atoms with Crippen molar-refractivity contribution < 1.29 is 32.2 Å². The number of fused-ring (bicyclic) bond motifs is 1. The Balaban J connectivity index is 0.991. The summed E-state index contributed by atoms with van der Waals surface area (Å²) >= 11 is 1.45. The maximum Gasteiger partial charge on any atom is 0.416 e. The standard InChI is InChI=1S/C29H30F3N5O4S/c30-29(31,32)20-2-1-3-22(16-20)35-10-12-36(13-11-35)27(38)23-18-42-26(34-23)19-6-8-37(9-7-19)28(39)33-21-4-5-24-25(17-21)41-15-14-40-24/h1-5,16-19H,6-15H2,(H,33,39). The van der Waals surface area contributed by atoms with Crippen LogP contribution in [0, 0.1) is 0 Å². The highest BCUT2D eigenvalue weighted by molar-refractivity contribution is 7.09. The Hall–Kier alpha value is -4.00. The van der Waals surface area contributed by atoms with Gasteiger partial charge in [-0.15, -0.1) is 11.3 Å². The van der Waals surface area contributed by atoms with Crippen molar-refractivity contribution >= 4 is 34.6 Å². The van der Waals surface area contributed by atoms with Crippen LogP contribution in [0.25, 0.3) is 0 Å². The molecule has 0 spiro atoms. The molecule has 2 saturated heterocycles. The molecule has 3 aliphatic rings. The molecule has 1 N–H and O–H groups in total. The Morgan fingerprint density at radius 3 is 2.38 bits per heavy atom. The number of piperazine rings is 1. The molecular weight excluding hydrogens is 571 g/mol. The smallest absolute Gasteiger partial charge is 0.416 e. The normalized spacial score (nSPS) is 17.7. The number of alkyl halides is 3. The van der Waals surface area contributed by atoms with Crippen LogP contribution >= 0.6 is 11.3 Å². The fourth-order valence-corrected chi connectivity index (χ4v) is 6.40. The number of anilines is 2. The number of piperidine rings is 1. The molecule has 2 fully saturated rings. The number of urea groups is 1. The van der Waals surface area contributed by atoms with Crippen molar-refractivity contribution in [3.63, 3.8) is 0 Å². The highest BCUT2D eigenvalue weighted by Crippen LogP contribution is 2.35. The molecule has 3 aromatic rings. The summed E-state index contributed by atoms with van der Waals surface area (Å²) in [4.78, 5) is 36.0. The van der Waals surface area contributed by atoms with E-state index in [-0.39, 0.29) is 17.9 Å². The van der Waals surface area contributed by atoms with Crippen molar-refractivity contribution in [3.8, 4) is 11.5 Å². The zero-order chi connectivity index (χ0) is 29.3. The molecule has 1 aromatic heterocycles. The van der Waals surface area contributed by atoms with Gasteiger partial charge in [0.05, 0.1) is 10.6 Å². The van der Waals surface area contributed by atoms with Gasteiger partial charge in [0.2, 0.25) is 0 Å². The molecule has 0 saturated carbocycles. The maximum atomic E-state index is 13.2. The fourth-order valence-electron chi connectivity index (χ4n) is 5.44. The van der Waals surface area contributed by atoms with Gasteiger partial charge in [-0.1, -0.05) is 6.07 Å². The van der Waals surface area contributed by atoms with E-state index in [0.29, 0.717) is 81.1 Å². The number of carbonyl (C=O) groups is 2. The number of ether oxygens (including phenoxy) is 2. The van der Waals surface area contributed by atoms with Crippen molar-refractivity contribution in [1.29, 1.82) is 0 Å². The largest absolute Gasteiger partial charge is 0.486 e. The quantitative estimate of drug-likeness (QED) is 0.437. The lowest BCUT2D eigenvalue weighted by molar-refractivity contribution is -0.137. The molecule has 42 heavy (non-hydrogen) atoms. The van der Waals surface area contributed by atoms with Gasteiger partial charge < -0.3 is 29.5 Å². The average Bonchev–Trinajstić information content (AvgIpc) is 3.51. The third-order valence-electron chi connectivity index (χ3n) is 7.77. The molecular formula is C29H30F3N5O4S. The molecule has 0 unspecified atom stereocenters. The molecule has 0 atom stereocenters. The van der Waals surface area contributed by atoms with E-state index >= 15 is 0 Å². The van der Waals surface area contributed by atoms with Crippen molar-refractivity contribution in [2.24, 2.45) is 0 Å². The number of halogens is 3. The van der Waals surface area contributed by atoms with Gasteiger partial charge in [-0.2, -0.15) is 13.2 Å². The molecule has 6 rings (SSSR count). The minimum Gasteiger partial charge on any atom is -0.486 e. The second-order valence-corrected chi connectivity index (χ2v) is 11.3. The second-order valence-electron chi connectivity index (χ2n) is 10.4. The van der Waals surface area contributed by atoms with Crippen LogP contribution in [0.3, 0.4) is 0 Å². The number of benzene rings is 2. The van der Waals surface area contributed by atoms with Crippen molar-refractivity contribution in [2.75, 3.05) is 62.7 Å². The Morgan fingerprint density at radius 1 is 0.905 bits per heavy atom. The highest BCUT2D eigenvalue weighted by Gasteiger charge is 2.32. The van der Waals surface area contributed by atoms with Gasteiger partial charge in [-0.3, -0.25) is 4.79 Å². The SMILES string of the molecule is O=C(Nc1ccc2c(c1)OCCO2)N1CCC(c2nc(C(=O)N3CCN(c4cccc(C(F)(F)F)c4)CC3)cs2)CC1. The molecule has 0 aliphatic carbocycles. The summed E-state index contributed by atoms with van der Waals surface area (Å²) in [7, 11) is 0. The summed E-state index contributed by atoms with van der Waals surface area (Å²) in [6.07, 6.45) is -2.91. The predicted octanol–water partition coefficient (Wildman–Crippen LogP) is 5.31. The first-order valence-corrected chi connectivity index (χ1v) is 14.7. The van der Waals surface area contributed by atoms with Crippen LogP contribution in [-0.2, 0) is 6.18 Å². The number of aromatic nitrogens is 1. The van der Waals surface area contributed by atoms with Gasteiger partial charge in [0.15, 0.2) is 11.5 Å². The van der Waals surface area contributed by atoms with E-state index in [1.54, 1.807) is 39.4 Å². The second kappa shape index (κ2) is 11.7. The average molecular weight is 602 g/mol. The first kappa shape index (κ1) is 28.1. The van der Waals surface area contributed by atoms with Crippen LogP contribution in [0.1, 0.15) is 39.8 Å². The number of nitrogens with one attached hydrogen (secondary N) is 1. The predicted molar refractivity (Wildman–Crippen MR) is 152 cm³/mol. The van der Waals surface area contributed by atoms with Gasteiger partial charge in [0.25, 0.3) is 5.91 Å². The lowest BCUT2D eigenvalue weighted by Gasteiger charge is -2.36.